The molecule has 0 aliphatic heterocycles. The molecule has 0 saturated carbocycles. The van der Waals surface area contributed by atoms with Gasteiger partial charge in [0.05, 0.1) is 0 Å². The average molecular weight is 1140 g/mol. The Labute approximate surface area is 509 Å². The van der Waals surface area contributed by atoms with Gasteiger partial charge in [-0.25, -0.2) is 0 Å². The molecule has 0 saturated heterocycles. The van der Waals surface area contributed by atoms with Gasteiger partial charge in [0.1, 0.15) is 13.2 Å². The highest BCUT2D eigenvalue weighted by Gasteiger charge is 2.19. The molecular formula is C76H134O6. The van der Waals surface area contributed by atoms with Crippen molar-refractivity contribution in [3.05, 3.63) is 85.1 Å². The van der Waals surface area contributed by atoms with E-state index in [1.54, 1.807) is 0 Å². The Morgan fingerprint density at radius 2 is 0.476 bits per heavy atom. The van der Waals surface area contributed by atoms with Gasteiger partial charge in [-0.3, -0.25) is 14.4 Å². The molecule has 1 unspecified atom stereocenters. The molecule has 0 spiro atoms. The molecule has 0 aromatic heterocycles. The number of hydrogen-bond donors (Lipinski definition) is 0. The zero-order valence-electron chi connectivity index (χ0n) is 54.5. The van der Waals surface area contributed by atoms with Gasteiger partial charge in [-0.1, -0.05) is 331 Å². The maximum absolute atomic E-state index is 12.9. The number of esters is 3. The maximum atomic E-state index is 12.9. The molecule has 0 bridgehead atoms. The monoisotopic (exact) mass is 1140 g/mol. The van der Waals surface area contributed by atoms with E-state index in [0.29, 0.717) is 19.3 Å². The lowest BCUT2D eigenvalue weighted by atomic mass is 10.0. The Kier molecular flexibility index (Phi) is 67.2. The third-order valence-electron chi connectivity index (χ3n) is 15.6. The van der Waals surface area contributed by atoms with Crippen molar-refractivity contribution in [3.63, 3.8) is 0 Å². The fraction of sp³-hybridized carbons (Fsp3) is 0.776. The molecule has 0 fully saturated rings. The lowest BCUT2D eigenvalue weighted by Crippen LogP contribution is -2.30. The van der Waals surface area contributed by atoms with E-state index in [1.807, 2.05) is 0 Å². The lowest BCUT2D eigenvalue weighted by molar-refractivity contribution is -0.167. The normalized spacial score (nSPS) is 12.6. The minimum absolute atomic E-state index is 0.0755. The summed E-state index contributed by atoms with van der Waals surface area (Å²) in [6, 6.07) is 0. The van der Waals surface area contributed by atoms with Gasteiger partial charge in [-0.2, -0.15) is 0 Å². The van der Waals surface area contributed by atoms with E-state index in [4.69, 9.17) is 14.2 Å². The van der Waals surface area contributed by atoms with Gasteiger partial charge in [-0.15, -0.1) is 0 Å². The van der Waals surface area contributed by atoms with E-state index >= 15 is 0 Å². The summed E-state index contributed by atoms with van der Waals surface area (Å²) in [5.74, 6) is -0.865. The van der Waals surface area contributed by atoms with Gasteiger partial charge in [0, 0.05) is 19.3 Å². The van der Waals surface area contributed by atoms with Crippen LogP contribution in [0.2, 0.25) is 0 Å². The second-order valence-corrected chi connectivity index (χ2v) is 23.8. The highest BCUT2D eigenvalue weighted by Crippen LogP contribution is 2.18. The Balaban J connectivity index is 4.20. The van der Waals surface area contributed by atoms with Gasteiger partial charge < -0.3 is 14.2 Å². The first-order chi connectivity index (χ1) is 40.5. The predicted octanol–water partition coefficient (Wildman–Crippen LogP) is 24.6. The van der Waals surface area contributed by atoms with Crippen molar-refractivity contribution in [1.29, 1.82) is 0 Å². The maximum Gasteiger partial charge on any atom is 0.306 e. The van der Waals surface area contributed by atoms with Gasteiger partial charge in [0.2, 0.25) is 0 Å². The zero-order chi connectivity index (χ0) is 59.2. The minimum atomic E-state index is -0.780. The molecular weight excluding hydrogens is 1010 g/mol. The molecule has 82 heavy (non-hydrogen) atoms. The number of ether oxygens (including phenoxy) is 3. The van der Waals surface area contributed by atoms with Crippen LogP contribution in [0.4, 0.5) is 0 Å². The van der Waals surface area contributed by atoms with Crippen LogP contribution in [0, 0.1) is 0 Å². The van der Waals surface area contributed by atoms with Crippen LogP contribution < -0.4 is 0 Å². The molecule has 0 amide bonds. The van der Waals surface area contributed by atoms with Crippen molar-refractivity contribution in [2.75, 3.05) is 13.2 Å². The average Bonchev–Trinajstić information content (AvgIpc) is 3.47. The first-order valence-electron chi connectivity index (χ1n) is 35.6. The van der Waals surface area contributed by atoms with Crippen molar-refractivity contribution in [3.8, 4) is 0 Å². The molecule has 474 valence electrons. The summed E-state index contributed by atoms with van der Waals surface area (Å²) in [6.07, 6.45) is 93.3. The molecule has 6 heteroatoms. The minimum Gasteiger partial charge on any atom is -0.462 e. The van der Waals surface area contributed by atoms with Crippen LogP contribution in [0.15, 0.2) is 85.1 Å². The van der Waals surface area contributed by atoms with Gasteiger partial charge >= 0.3 is 17.9 Å². The number of allylic oxidation sites excluding steroid dienone is 14. The molecule has 0 aromatic carbocycles. The van der Waals surface area contributed by atoms with E-state index < -0.39 is 6.10 Å². The van der Waals surface area contributed by atoms with E-state index in [9.17, 15) is 14.4 Å². The van der Waals surface area contributed by atoms with Crippen molar-refractivity contribution >= 4 is 17.9 Å². The molecule has 0 heterocycles. The zero-order valence-corrected chi connectivity index (χ0v) is 54.5. The SMILES string of the molecule is CC/C=C\C/C=C\C/C=C\C/C=C\CCCCCCCCCCC(=O)OC(COC(=O)CCCCCCCCCCCCCC)COC(=O)CCCCCCCCCCCCCCCCCC/C=C\C/C=C\C/C=C\CCCCCCC. The number of carbonyl (C=O) groups is 3. The van der Waals surface area contributed by atoms with Crippen LogP contribution in [0.25, 0.3) is 0 Å². The first-order valence-corrected chi connectivity index (χ1v) is 35.6. The Bertz CT molecular complexity index is 1550. The summed E-state index contributed by atoms with van der Waals surface area (Å²) in [4.78, 5) is 38.4. The predicted molar refractivity (Wildman–Crippen MR) is 358 cm³/mol. The lowest BCUT2D eigenvalue weighted by Gasteiger charge is -2.18. The molecule has 1 atom stereocenters. The Morgan fingerprint density at radius 1 is 0.256 bits per heavy atom. The molecule has 6 nitrogen and oxygen atoms in total. The summed E-state index contributed by atoms with van der Waals surface area (Å²) < 4.78 is 17.0. The Morgan fingerprint density at radius 3 is 0.744 bits per heavy atom. The van der Waals surface area contributed by atoms with E-state index in [0.717, 1.165) is 103 Å². The number of hydrogen-bond acceptors (Lipinski definition) is 6. The fourth-order valence-electron chi connectivity index (χ4n) is 10.3. The standard InChI is InChI=1S/C76H134O6/c1-4-7-10-13-16-19-22-25-27-29-31-33-34-35-36-37-38-39-40-41-42-44-45-47-49-51-54-57-60-63-66-69-75(78)81-72-73(71-80-74(77)68-65-62-59-56-53-24-21-18-15-12-9-6-3)82-76(79)70-67-64-61-58-55-52-50-48-46-43-32-30-28-26-23-20-17-14-11-8-5-2/h8,11,17,20,22,25-26,28-29,31-32,34-35,43,73H,4-7,9-10,12-16,18-19,21,23-24,27,30,33,36-42,44-72H2,1-3H3/b11-8-,20-17-,25-22-,28-26-,31-29-,35-34-,43-32-. The molecule has 0 rings (SSSR count). The van der Waals surface area contributed by atoms with Crippen molar-refractivity contribution in [2.45, 2.75) is 367 Å². The second-order valence-electron chi connectivity index (χ2n) is 23.8. The summed E-state index contributed by atoms with van der Waals surface area (Å²) in [6.45, 7) is 6.55. The quantitative estimate of drug-likeness (QED) is 0.0261. The van der Waals surface area contributed by atoms with Crippen molar-refractivity contribution in [2.24, 2.45) is 0 Å². The smallest absolute Gasteiger partial charge is 0.306 e. The van der Waals surface area contributed by atoms with Crippen LogP contribution in [0.3, 0.4) is 0 Å². The molecule has 0 radical (unpaired) electrons. The van der Waals surface area contributed by atoms with Gasteiger partial charge in [0.15, 0.2) is 6.10 Å². The van der Waals surface area contributed by atoms with Gasteiger partial charge in [-0.05, 0) is 96.3 Å². The van der Waals surface area contributed by atoms with E-state index in [2.05, 4.69) is 106 Å². The fourth-order valence-corrected chi connectivity index (χ4v) is 10.3. The van der Waals surface area contributed by atoms with E-state index in [1.165, 1.54) is 218 Å². The third kappa shape index (κ3) is 67.4. The molecule has 0 aromatic rings. The molecule has 0 aliphatic rings. The summed E-state index contributed by atoms with van der Waals surface area (Å²) in [5, 5.41) is 0. The first kappa shape index (κ1) is 78.6. The number of unbranched alkanes of at least 4 members (excludes halogenated alkanes) is 40. The van der Waals surface area contributed by atoms with Gasteiger partial charge in [0.25, 0.3) is 0 Å². The largest absolute Gasteiger partial charge is 0.462 e. The summed E-state index contributed by atoms with van der Waals surface area (Å²) in [7, 11) is 0. The highest BCUT2D eigenvalue weighted by atomic mass is 16.6. The third-order valence-corrected chi connectivity index (χ3v) is 15.6. The number of rotatable bonds is 65. The van der Waals surface area contributed by atoms with Crippen molar-refractivity contribution in [1.82, 2.24) is 0 Å². The second kappa shape index (κ2) is 70.1. The highest BCUT2D eigenvalue weighted by molar-refractivity contribution is 5.71. The topological polar surface area (TPSA) is 78.9 Å². The number of carbonyl (C=O) groups excluding carboxylic acids is 3. The summed E-state index contributed by atoms with van der Waals surface area (Å²) in [5.41, 5.74) is 0. The van der Waals surface area contributed by atoms with Crippen LogP contribution in [0.1, 0.15) is 361 Å². The van der Waals surface area contributed by atoms with Crippen LogP contribution in [-0.4, -0.2) is 37.2 Å². The van der Waals surface area contributed by atoms with Crippen LogP contribution in [0.5, 0.6) is 0 Å². The van der Waals surface area contributed by atoms with Crippen molar-refractivity contribution < 1.29 is 28.6 Å². The Hall–Kier alpha value is -3.41. The van der Waals surface area contributed by atoms with E-state index in [-0.39, 0.29) is 31.1 Å². The molecule has 0 N–H and O–H groups in total. The van der Waals surface area contributed by atoms with Crippen LogP contribution in [-0.2, 0) is 28.6 Å². The summed E-state index contributed by atoms with van der Waals surface area (Å²) >= 11 is 0. The van der Waals surface area contributed by atoms with Crippen LogP contribution >= 0.6 is 0 Å². The molecule has 0 aliphatic carbocycles.